The minimum atomic E-state index is -0.313. The third-order valence-electron chi connectivity index (χ3n) is 9.93. The molecule has 1 heterocycles. The largest absolute Gasteiger partial charge is 0.393 e. The minimum Gasteiger partial charge on any atom is -0.393 e. The van der Waals surface area contributed by atoms with Crippen LogP contribution in [0.25, 0.3) is 11.1 Å². The molecule has 0 bridgehead atoms. The van der Waals surface area contributed by atoms with Crippen LogP contribution >= 0.6 is 0 Å². The van der Waals surface area contributed by atoms with Crippen LogP contribution in [0.4, 0.5) is 0 Å². The zero-order valence-electron chi connectivity index (χ0n) is 30.4. The fraction of sp³-hybridized carbons (Fsp3) is 0.561. The Labute approximate surface area is 279 Å². The molecule has 46 heavy (non-hydrogen) atoms. The normalized spacial score (nSPS) is 20.5. The second-order valence-electron chi connectivity index (χ2n) is 15.4. The monoisotopic (exact) mass is 628 g/mol. The van der Waals surface area contributed by atoms with E-state index in [4.69, 9.17) is 9.68 Å². The zero-order chi connectivity index (χ0) is 33.9. The number of hydrogen-bond donors (Lipinski definition) is 1. The van der Waals surface area contributed by atoms with E-state index in [0.717, 1.165) is 41.5 Å². The number of hydrogen-bond acceptors (Lipinski definition) is 5. The molecule has 0 aromatic heterocycles. The second-order valence-corrected chi connectivity index (χ2v) is 15.4. The third-order valence-corrected chi connectivity index (χ3v) is 9.93. The van der Waals surface area contributed by atoms with Gasteiger partial charge in [0, 0.05) is 16.6 Å². The number of nitrogens with zero attached hydrogens (tertiary/aromatic N) is 2. The van der Waals surface area contributed by atoms with Crippen LogP contribution < -0.4 is 0 Å². The Balaban J connectivity index is 1.64. The molecule has 3 aromatic carbocycles. The van der Waals surface area contributed by atoms with Crippen molar-refractivity contribution >= 4 is 0 Å². The van der Waals surface area contributed by atoms with E-state index < -0.39 is 0 Å². The minimum absolute atomic E-state index is 0.107. The molecule has 1 saturated heterocycles. The predicted molar refractivity (Wildman–Crippen MR) is 191 cm³/mol. The predicted octanol–water partition coefficient (Wildman–Crippen LogP) is 10.6. The molecule has 0 aliphatic carbocycles. The van der Waals surface area contributed by atoms with Crippen molar-refractivity contribution in [3.8, 4) is 11.1 Å². The fourth-order valence-corrected chi connectivity index (χ4v) is 7.58. The first kappa shape index (κ1) is 36.3. The van der Waals surface area contributed by atoms with E-state index in [1.165, 1.54) is 5.56 Å². The Morgan fingerprint density at radius 3 is 2.04 bits per heavy atom. The summed E-state index contributed by atoms with van der Waals surface area (Å²) in [5, 5.41) is 15.2. The van der Waals surface area contributed by atoms with E-state index in [-0.39, 0.29) is 41.0 Å². The molecule has 1 aliphatic rings. The lowest BCUT2D eigenvalue weighted by Crippen LogP contribution is -2.63. The quantitative estimate of drug-likeness (QED) is 0.202. The summed E-state index contributed by atoms with van der Waals surface area (Å²) in [5.74, 6) is 0.356. The number of piperidine rings is 1. The Morgan fingerprint density at radius 1 is 0.826 bits per heavy atom. The molecule has 0 radical (unpaired) electrons. The highest BCUT2D eigenvalue weighted by atomic mass is 16.7. The molecule has 4 unspecified atom stereocenters. The molecule has 4 atom stereocenters. The molecular weight excluding hydrogens is 568 g/mol. The third kappa shape index (κ3) is 7.94. The number of benzene rings is 3. The molecule has 252 valence electrons. The number of aliphatic hydroxyl groups is 1. The van der Waals surface area contributed by atoms with Crippen molar-refractivity contribution in [2.24, 2.45) is 5.92 Å². The maximum atomic E-state index is 10.8. The van der Waals surface area contributed by atoms with Crippen LogP contribution in [-0.2, 0) is 9.68 Å². The molecular formula is C41H60N2O3. The molecule has 0 spiro atoms. The number of hydroxylamine groups is 4. The van der Waals surface area contributed by atoms with Crippen LogP contribution in [0, 0.1) is 5.92 Å². The number of rotatable bonds is 12. The summed E-state index contributed by atoms with van der Waals surface area (Å²) in [4.78, 5) is 13.9. The van der Waals surface area contributed by atoms with Gasteiger partial charge in [-0.3, -0.25) is 9.68 Å². The first-order valence-corrected chi connectivity index (χ1v) is 17.5. The van der Waals surface area contributed by atoms with Gasteiger partial charge in [0.1, 0.15) is 12.2 Å². The molecule has 1 aliphatic heterocycles. The second kappa shape index (κ2) is 14.7. The van der Waals surface area contributed by atoms with Gasteiger partial charge in [-0.25, -0.2) is 0 Å². The summed E-state index contributed by atoms with van der Waals surface area (Å²) in [6, 6.07) is 28.2. The van der Waals surface area contributed by atoms with Crippen LogP contribution in [0.15, 0.2) is 78.9 Å². The average molecular weight is 629 g/mol. The summed E-state index contributed by atoms with van der Waals surface area (Å²) >= 11 is 0. The van der Waals surface area contributed by atoms with Crippen molar-refractivity contribution < 1.29 is 14.8 Å². The summed E-state index contributed by atoms with van der Waals surface area (Å²) in [6.45, 7) is 24.3. The van der Waals surface area contributed by atoms with E-state index in [0.29, 0.717) is 12.3 Å². The van der Waals surface area contributed by atoms with Crippen LogP contribution in [0.3, 0.4) is 0 Å². The van der Waals surface area contributed by atoms with Crippen molar-refractivity contribution in [3.63, 3.8) is 0 Å². The van der Waals surface area contributed by atoms with Gasteiger partial charge < -0.3 is 5.11 Å². The van der Waals surface area contributed by atoms with Crippen LogP contribution in [0.5, 0.6) is 0 Å². The first-order chi connectivity index (χ1) is 21.6. The van der Waals surface area contributed by atoms with Gasteiger partial charge in [0.05, 0.1) is 12.1 Å². The van der Waals surface area contributed by atoms with Gasteiger partial charge in [0.2, 0.25) is 0 Å². The molecule has 1 fully saturated rings. The molecule has 5 nitrogen and oxygen atoms in total. The van der Waals surface area contributed by atoms with Gasteiger partial charge >= 0.3 is 0 Å². The topological polar surface area (TPSA) is 45.2 Å². The summed E-state index contributed by atoms with van der Waals surface area (Å²) < 4.78 is 0. The summed E-state index contributed by atoms with van der Waals surface area (Å²) in [5.41, 5.74) is 5.17. The standard InChI is InChI=1S/C41H60N2O3/c1-12-41(13-2)28-35(44)27-40(10,11)43(41)46-30(5)33-22-19-23-34(26-33)37-25-18-17-24-36(37)31(6)45-42(39(7,8)9)38(29(3)4)32-20-15-14-16-21-32/h14-26,29-31,35,38,44H,12-13,27-28H2,1-11H3. The van der Waals surface area contributed by atoms with E-state index in [1.807, 2.05) is 0 Å². The molecule has 1 N–H and O–H groups in total. The van der Waals surface area contributed by atoms with Crippen molar-refractivity contribution in [1.82, 2.24) is 10.1 Å². The maximum absolute atomic E-state index is 10.8. The Hall–Kier alpha value is -2.54. The summed E-state index contributed by atoms with van der Waals surface area (Å²) in [7, 11) is 0. The SMILES string of the molecule is CCC1(CC)CC(O)CC(C)(C)N1OC(C)c1cccc(-c2ccccc2C(C)ON(C(c2ccccc2)C(C)C)C(C)(C)C)c1. The van der Waals surface area contributed by atoms with Crippen LogP contribution in [-0.4, -0.2) is 38.0 Å². The highest BCUT2D eigenvalue weighted by Gasteiger charge is 2.50. The van der Waals surface area contributed by atoms with Crippen LogP contribution in [0.2, 0.25) is 0 Å². The van der Waals surface area contributed by atoms with Crippen LogP contribution in [0.1, 0.15) is 137 Å². The smallest absolute Gasteiger partial charge is 0.102 e. The van der Waals surface area contributed by atoms with E-state index in [2.05, 4.69) is 165 Å². The number of aliphatic hydroxyl groups excluding tert-OH is 1. The van der Waals surface area contributed by atoms with Gasteiger partial charge in [-0.15, -0.1) is 0 Å². The zero-order valence-corrected chi connectivity index (χ0v) is 30.4. The van der Waals surface area contributed by atoms with Gasteiger partial charge in [-0.1, -0.05) is 100 Å². The fourth-order valence-electron chi connectivity index (χ4n) is 7.58. The van der Waals surface area contributed by atoms with Gasteiger partial charge in [0.15, 0.2) is 0 Å². The van der Waals surface area contributed by atoms with E-state index >= 15 is 0 Å². The first-order valence-electron chi connectivity index (χ1n) is 17.5. The summed E-state index contributed by atoms with van der Waals surface area (Å²) in [6.07, 6.45) is 2.64. The highest BCUT2D eigenvalue weighted by molar-refractivity contribution is 5.68. The lowest BCUT2D eigenvalue weighted by atomic mass is 9.75. The van der Waals surface area contributed by atoms with Gasteiger partial charge in [0.25, 0.3) is 0 Å². The average Bonchev–Trinajstić information content (AvgIpc) is 3.01. The van der Waals surface area contributed by atoms with Crippen molar-refractivity contribution in [2.45, 2.75) is 143 Å². The Bertz CT molecular complexity index is 1390. The van der Waals surface area contributed by atoms with Gasteiger partial charge in [-0.05, 0) is 114 Å². The lowest BCUT2D eigenvalue weighted by Gasteiger charge is -2.56. The lowest BCUT2D eigenvalue weighted by molar-refractivity contribution is -0.323. The van der Waals surface area contributed by atoms with Crippen molar-refractivity contribution in [3.05, 3.63) is 95.6 Å². The Kier molecular flexibility index (Phi) is 11.6. The molecule has 4 rings (SSSR count). The van der Waals surface area contributed by atoms with Gasteiger partial charge in [-0.2, -0.15) is 10.1 Å². The van der Waals surface area contributed by atoms with Crippen molar-refractivity contribution in [2.75, 3.05) is 0 Å². The molecule has 3 aromatic rings. The maximum Gasteiger partial charge on any atom is 0.102 e. The molecule has 0 amide bonds. The molecule has 5 heteroatoms. The van der Waals surface area contributed by atoms with E-state index in [1.54, 1.807) is 0 Å². The highest BCUT2D eigenvalue weighted by Crippen LogP contribution is 2.45. The molecule has 0 saturated carbocycles. The van der Waals surface area contributed by atoms with E-state index in [9.17, 15) is 5.11 Å². The Morgan fingerprint density at radius 2 is 1.43 bits per heavy atom. The van der Waals surface area contributed by atoms with Crippen molar-refractivity contribution in [1.29, 1.82) is 0 Å².